The number of aliphatic carboxylic acids is 4. The van der Waals surface area contributed by atoms with Gasteiger partial charge in [-0.2, -0.15) is 0 Å². The van der Waals surface area contributed by atoms with Crippen molar-refractivity contribution in [2.75, 3.05) is 6.61 Å². The zero-order chi connectivity index (χ0) is 22.8. The summed E-state index contributed by atoms with van der Waals surface area (Å²) in [4.78, 5) is 47.1. The van der Waals surface area contributed by atoms with Gasteiger partial charge in [-0.15, -0.1) is 0 Å². The van der Waals surface area contributed by atoms with Gasteiger partial charge in [-0.05, 0) is 6.92 Å². The smallest absolute Gasteiger partial charge is 0.330 e. The van der Waals surface area contributed by atoms with Crippen molar-refractivity contribution in [2.24, 2.45) is 0 Å². The van der Waals surface area contributed by atoms with Crippen molar-refractivity contribution >= 4 is 29.8 Å². The average molecular weight is 388 g/mol. The van der Waals surface area contributed by atoms with Gasteiger partial charge in [0.1, 0.15) is 0 Å². The van der Waals surface area contributed by atoms with E-state index in [-0.39, 0.29) is 5.97 Å². The Kier molecular flexibility index (Phi) is 38.2. The van der Waals surface area contributed by atoms with Crippen molar-refractivity contribution < 1.29 is 49.1 Å². The normalized spacial score (nSPS) is 6.70. The summed E-state index contributed by atoms with van der Waals surface area (Å²) in [7, 11) is 0. The van der Waals surface area contributed by atoms with Crippen LogP contribution in [0, 0.1) is 0 Å². The van der Waals surface area contributed by atoms with Crippen molar-refractivity contribution in [2.45, 2.75) is 6.92 Å². The van der Waals surface area contributed by atoms with Crippen molar-refractivity contribution in [3.8, 4) is 0 Å². The minimum absolute atomic E-state index is 0.359. The lowest BCUT2D eigenvalue weighted by atomic mass is 10.6. The molecule has 0 atom stereocenters. The van der Waals surface area contributed by atoms with E-state index in [1.54, 1.807) is 6.92 Å². The summed E-state index contributed by atoms with van der Waals surface area (Å²) < 4.78 is 4.43. The molecule has 0 saturated heterocycles. The molecule has 0 heterocycles. The maximum absolute atomic E-state index is 10.1. The Morgan fingerprint density at radius 1 is 0.630 bits per heavy atom. The fourth-order valence-electron chi connectivity index (χ4n) is 0.201. The molecule has 0 fully saturated rings. The van der Waals surface area contributed by atoms with Crippen LogP contribution in [0.1, 0.15) is 6.92 Å². The van der Waals surface area contributed by atoms with Crippen LogP contribution in [0.4, 0.5) is 0 Å². The van der Waals surface area contributed by atoms with E-state index in [0.717, 1.165) is 30.4 Å². The SMILES string of the molecule is C=CC(=O)O.C=CC(=O)O.C=CC(=O)O.C=CC(=O)O.C=CC(=O)OCC. The van der Waals surface area contributed by atoms with E-state index in [9.17, 15) is 24.0 Å². The third-order valence-corrected chi connectivity index (χ3v) is 1.15. The number of carbonyl (C=O) groups excluding carboxylic acids is 1. The quantitative estimate of drug-likeness (QED) is 0.387. The highest BCUT2D eigenvalue weighted by Gasteiger charge is 1.86. The molecule has 10 heteroatoms. The summed E-state index contributed by atoms with van der Waals surface area (Å²) in [5.41, 5.74) is 0. The van der Waals surface area contributed by atoms with Crippen LogP contribution in [0.3, 0.4) is 0 Å². The molecule has 27 heavy (non-hydrogen) atoms. The zero-order valence-corrected chi connectivity index (χ0v) is 14.9. The van der Waals surface area contributed by atoms with Crippen molar-refractivity contribution in [1.29, 1.82) is 0 Å². The number of esters is 1. The Balaban J connectivity index is -0.0000000753. The monoisotopic (exact) mass is 388 g/mol. The van der Waals surface area contributed by atoms with Gasteiger partial charge >= 0.3 is 29.8 Å². The Labute approximate surface area is 156 Å². The number of carboxylic acid groups (broad SMARTS) is 4. The number of rotatable bonds is 6. The second-order valence-corrected chi connectivity index (χ2v) is 3.13. The minimum Gasteiger partial charge on any atom is -0.478 e. The van der Waals surface area contributed by atoms with Gasteiger partial charge in [0.05, 0.1) is 6.61 Å². The Morgan fingerprint density at radius 3 is 0.852 bits per heavy atom. The maximum atomic E-state index is 10.1. The van der Waals surface area contributed by atoms with Crippen LogP contribution in [-0.4, -0.2) is 56.9 Å². The predicted molar refractivity (Wildman–Crippen MR) is 98.2 cm³/mol. The maximum Gasteiger partial charge on any atom is 0.330 e. The van der Waals surface area contributed by atoms with Gasteiger partial charge < -0.3 is 25.2 Å². The lowest BCUT2D eigenvalue weighted by molar-refractivity contribution is -0.137. The molecule has 0 rings (SSSR count). The second kappa shape index (κ2) is 30.0. The molecule has 0 aliphatic heterocycles. The number of hydrogen-bond donors (Lipinski definition) is 4. The highest BCUT2D eigenvalue weighted by molar-refractivity contribution is 5.81. The highest BCUT2D eigenvalue weighted by Crippen LogP contribution is 1.74. The van der Waals surface area contributed by atoms with Gasteiger partial charge in [0, 0.05) is 30.4 Å². The summed E-state index contributed by atoms with van der Waals surface area (Å²) in [5, 5.41) is 30.4. The highest BCUT2D eigenvalue weighted by atomic mass is 16.5. The first-order chi connectivity index (χ1) is 12.4. The van der Waals surface area contributed by atoms with E-state index < -0.39 is 23.9 Å². The van der Waals surface area contributed by atoms with Crippen molar-refractivity contribution in [1.82, 2.24) is 0 Å². The molecule has 0 aromatic rings. The second-order valence-electron chi connectivity index (χ2n) is 3.13. The summed E-state index contributed by atoms with van der Waals surface area (Å²) >= 11 is 0. The number of ether oxygens (including phenoxy) is 1. The molecular formula is C17H24O10. The van der Waals surface area contributed by atoms with Crippen molar-refractivity contribution in [3.05, 3.63) is 63.3 Å². The topological polar surface area (TPSA) is 175 Å². The van der Waals surface area contributed by atoms with Crippen LogP contribution in [-0.2, 0) is 28.7 Å². The number of carbonyl (C=O) groups is 5. The van der Waals surface area contributed by atoms with Gasteiger partial charge in [-0.3, -0.25) is 0 Å². The fraction of sp³-hybridized carbons (Fsp3) is 0.118. The Bertz CT molecular complexity index is 446. The molecule has 0 amide bonds. The minimum atomic E-state index is -0.981. The standard InChI is InChI=1S/C5H8O2.4C3H4O2/c1-3-5(6)7-4-2;4*1-2-3(4)5/h3H,1,4H2,2H3;4*2H,1H2,(H,4,5). The molecule has 0 saturated carbocycles. The van der Waals surface area contributed by atoms with Gasteiger partial charge in [-0.1, -0.05) is 32.9 Å². The van der Waals surface area contributed by atoms with Crippen LogP contribution < -0.4 is 0 Å². The summed E-state index contributed by atoms with van der Waals surface area (Å²) in [5.74, 6) is -4.28. The number of carboxylic acids is 4. The largest absolute Gasteiger partial charge is 0.478 e. The van der Waals surface area contributed by atoms with Crippen LogP contribution in [0.2, 0.25) is 0 Å². The van der Waals surface area contributed by atoms with Crippen molar-refractivity contribution in [3.63, 3.8) is 0 Å². The molecule has 152 valence electrons. The molecule has 0 radical (unpaired) electrons. The van der Waals surface area contributed by atoms with E-state index >= 15 is 0 Å². The van der Waals surface area contributed by atoms with Gasteiger partial charge in [0.2, 0.25) is 0 Å². The summed E-state index contributed by atoms with van der Waals surface area (Å²) in [6.07, 6.45) is 4.48. The van der Waals surface area contributed by atoms with Crippen LogP contribution in [0.15, 0.2) is 63.3 Å². The first-order valence-corrected chi connectivity index (χ1v) is 6.60. The molecule has 0 aliphatic carbocycles. The lowest BCUT2D eigenvalue weighted by Crippen LogP contribution is -1.97. The van der Waals surface area contributed by atoms with E-state index in [1.807, 2.05) is 0 Å². The number of hydrogen-bond acceptors (Lipinski definition) is 6. The van der Waals surface area contributed by atoms with Gasteiger partial charge in [0.15, 0.2) is 0 Å². The molecule has 0 aromatic heterocycles. The fourth-order valence-corrected chi connectivity index (χ4v) is 0.201. The molecule has 4 N–H and O–H groups in total. The molecule has 0 bridgehead atoms. The Morgan fingerprint density at radius 2 is 0.815 bits per heavy atom. The van der Waals surface area contributed by atoms with E-state index in [0.29, 0.717) is 6.61 Å². The first-order valence-electron chi connectivity index (χ1n) is 6.60. The molecule has 10 nitrogen and oxygen atoms in total. The first kappa shape index (κ1) is 34.4. The third kappa shape index (κ3) is 108. The van der Waals surface area contributed by atoms with Crippen LogP contribution in [0.25, 0.3) is 0 Å². The molecule has 0 unspecified atom stereocenters. The molecule has 0 aromatic carbocycles. The predicted octanol–water partition coefficient (Wildman–Crippen LogP) is 1.76. The van der Waals surface area contributed by atoms with Crippen LogP contribution >= 0.6 is 0 Å². The summed E-state index contributed by atoms with van der Waals surface area (Å²) in [6.45, 7) is 17.2. The molecule has 0 aliphatic rings. The zero-order valence-electron chi connectivity index (χ0n) is 14.9. The molecular weight excluding hydrogens is 364 g/mol. The average Bonchev–Trinajstić information content (AvgIpc) is 2.63. The summed E-state index contributed by atoms with van der Waals surface area (Å²) in [6, 6.07) is 0. The van der Waals surface area contributed by atoms with Gasteiger partial charge in [0.25, 0.3) is 0 Å². The molecule has 0 spiro atoms. The van der Waals surface area contributed by atoms with E-state index in [4.69, 9.17) is 20.4 Å². The van der Waals surface area contributed by atoms with Gasteiger partial charge in [-0.25, -0.2) is 24.0 Å². The third-order valence-electron chi connectivity index (χ3n) is 1.15. The van der Waals surface area contributed by atoms with Crippen LogP contribution in [0.5, 0.6) is 0 Å². The van der Waals surface area contributed by atoms with E-state index in [2.05, 4.69) is 37.6 Å². The lowest BCUT2D eigenvalue weighted by Gasteiger charge is -1.90. The Hall–Kier alpha value is -3.95. The van der Waals surface area contributed by atoms with E-state index in [1.165, 1.54) is 0 Å².